The summed E-state index contributed by atoms with van der Waals surface area (Å²) in [6.07, 6.45) is 1.45. The number of phenols is 1. The molecule has 1 rings (SSSR count). The first-order valence-corrected chi connectivity index (χ1v) is 5.44. The van der Waals surface area contributed by atoms with Gasteiger partial charge in [0.2, 0.25) is 0 Å². The molecule has 1 aromatic rings. The van der Waals surface area contributed by atoms with Crippen molar-refractivity contribution in [3.8, 4) is 11.5 Å². The molecular formula is C12H16N2O4. The van der Waals surface area contributed by atoms with Crippen LogP contribution in [-0.4, -0.2) is 37.6 Å². The number of nitrogens with zero attached hydrogens (tertiary/aromatic N) is 1. The van der Waals surface area contributed by atoms with Crippen molar-refractivity contribution in [3.05, 3.63) is 23.8 Å². The van der Waals surface area contributed by atoms with E-state index < -0.39 is 0 Å². The van der Waals surface area contributed by atoms with Crippen LogP contribution in [0.15, 0.2) is 23.3 Å². The third-order valence-electron chi connectivity index (χ3n) is 2.04. The Kier molecular flexibility index (Phi) is 5.66. The molecule has 0 aliphatic rings. The van der Waals surface area contributed by atoms with Gasteiger partial charge >= 0.3 is 0 Å². The van der Waals surface area contributed by atoms with Crippen LogP contribution in [0.1, 0.15) is 12.5 Å². The van der Waals surface area contributed by atoms with Crippen LogP contribution in [0.5, 0.6) is 11.5 Å². The quantitative estimate of drug-likeness (QED) is 0.582. The average Bonchev–Trinajstić information content (AvgIpc) is 2.38. The molecule has 18 heavy (non-hydrogen) atoms. The number of hydrogen-bond donors (Lipinski definition) is 2. The molecule has 0 fully saturated rings. The van der Waals surface area contributed by atoms with Crippen LogP contribution >= 0.6 is 0 Å². The van der Waals surface area contributed by atoms with Gasteiger partial charge in [-0.05, 0) is 30.7 Å². The second-order valence-corrected chi connectivity index (χ2v) is 3.36. The molecule has 0 unspecified atom stereocenters. The Morgan fingerprint density at radius 2 is 2.33 bits per heavy atom. The third kappa shape index (κ3) is 4.42. The van der Waals surface area contributed by atoms with Gasteiger partial charge < -0.3 is 14.6 Å². The molecule has 0 saturated carbocycles. The van der Waals surface area contributed by atoms with Gasteiger partial charge in [-0.2, -0.15) is 5.10 Å². The molecule has 6 nitrogen and oxygen atoms in total. The zero-order valence-electron chi connectivity index (χ0n) is 10.3. The van der Waals surface area contributed by atoms with E-state index in [4.69, 9.17) is 9.47 Å². The van der Waals surface area contributed by atoms with Gasteiger partial charge in [0.05, 0.1) is 13.3 Å². The van der Waals surface area contributed by atoms with E-state index in [1.165, 1.54) is 19.4 Å². The Morgan fingerprint density at radius 3 is 3.00 bits per heavy atom. The van der Waals surface area contributed by atoms with E-state index in [0.717, 1.165) is 0 Å². The number of aromatic hydroxyl groups is 1. The second-order valence-electron chi connectivity index (χ2n) is 3.36. The van der Waals surface area contributed by atoms with Crippen molar-refractivity contribution >= 4 is 12.1 Å². The number of ether oxygens (including phenoxy) is 2. The van der Waals surface area contributed by atoms with E-state index in [9.17, 15) is 9.90 Å². The maximum Gasteiger partial charge on any atom is 0.266 e. The molecule has 0 atom stereocenters. The van der Waals surface area contributed by atoms with E-state index >= 15 is 0 Å². The fourth-order valence-electron chi connectivity index (χ4n) is 1.18. The number of hydrazone groups is 1. The zero-order chi connectivity index (χ0) is 13.4. The molecule has 0 aliphatic heterocycles. The van der Waals surface area contributed by atoms with Crippen LogP contribution in [0.4, 0.5) is 0 Å². The number of hydrogen-bond acceptors (Lipinski definition) is 5. The first-order chi connectivity index (χ1) is 8.67. The van der Waals surface area contributed by atoms with Gasteiger partial charge in [-0.3, -0.25) is 4.79 Å². The van der Waals surface area contributed by atoms with Gasteiger partial charge in [0.25, 0.3) is 5.91 Å². The fourth-order valence-corrected chi connectivity index (χ4v) is 1.18. The molecule has 0 saturated heterocycles. The number of nitrogens with one attached hydrogen (secondary N) is 1. The molecule has 0 bridgehead atoms. The number of carbonyl (C=O) groups is 1. The number of benzene rings is 1. The summed E-state index contributed by atoms with van der Waals surface area (Å²) in [7, 11) is 1.46. The molecule has 98 valence electrons. The summed E-state index contributed by atoms with van der Waals surface area (Å²) in [6, 6.07) is 4.74. The Labute approximate surface area is 105 Å². The van der Waals surface area contributed by atoms with Gasteiger partial charge in [0, 0.05) is 6.61 Å². The maximum atomic E-state index is 11.2. The number of rotatable bonds is 6. The van der Waals surface area contributed by atoms with E-state index in [-0.39, 0.29) is 18.3 Å². The largest absolute Gasteiger partial charge is 0.504 e. The first kappa shape index (κ1) is 14.0. The molecule has 0 aliphatic carbocycles. The average molecular weight is 252 g/mol. The van der Waals surface area contributed by atoms with Crippen molar-refractivity contribution in [1.29, 1.82) is 0 Å². The summed E-state index contributed by atoms with van der Waals surface area (Å²) in [5.41, 5.74) is 3.02. The van der Waals surface area contributed by atoms with Crippen molar-refractivity contribution < 1.29 is 19.4 Å². The molecule has 1 amide bonds. The predicted molar refractivity (Wildman–Crippen MR) is 66.9 cm³/mol. The van der Waals surface area contributed by atoms with Gasteiger partial charge in [-0.25, -0.2) is 5.43 Å². The zero-order valence-corrected chi connectivity index (χ0v) is 10.3. The third-order valence-corrected chi connectivity index (χ3v) is 2.04. The van der Waals surface area contributed by atoms with Crippen LogP contribution in [0.3, 0.4) is 0 Å². The maximum absolute atomic E-state index is 11.2. The molecular weight excluding hydrogens is 236 g/mol. The number of carbonyl (C=O) groups excluding carboxylic acids is 1. The van der Waals surface area contributed by atoms with Crippen LogP contribution in [-0.2, 0) is 9.53 Å². The van der Waals surface area contributed by atoms with Gasteiger partial charge in [-0.1, -0.05) is 0 Å². The predicted octanol–water partition coefficient (Wildman–Crippen LogP) is 0.887. The highest BCUT2D eigenvalue weighted by Crippen LogP contribution is 2.25. The van der Waals surface area contributed by atoms with E-state index in [1.807, 2.05) is 0 Å². The normalized spacial score (nSPS) is 10.6. The first-order valence-electron chi connectivity index (χ1n) is 5.44. The molecule has 1 aromatic carbocycles. The summed E-state index contributed by atoms with van der Waals surface area (Å²) in [5, 5.41) is 13.1. The topological polar surface area (TPSA) is 80.2 Å². The minimum absolute atomic E-state index is 0.0211. The summed E-state index contributed by atoms with van der Waals surface area (Å²) < 4.78 is 9.86. The van der Waals surface area contributed by atoms with Crippen molar-refractivity contribution in [2.24, 2.45) is 5.10 Å². The minimum atomic E-state index is -0.321. The highest BCUT2D eigenvalue weighted by Gasteiger charge is 2.01. The number of phenolic OH excluding ortho intramolecular Hbond substituents is 1. The number of methoxy groups -OCH3 is 1. The molecule has 0 aromatic heterocycles. The molecule has 0 radical (unpaired) electrons. The SMILES string of the molecule is CCOCC(=O)N/N=C/c1ccc(O)c(OC)c1. The standard InChI is InChI=1S/C12H16N2O4/c1-3-18-8-12(16)14-13-7-9-4-5-10(15)11(6-9)17-2/h4-7,15H,3,8H2,1-2H3,(H,14,16)/b13-7+. The number of amides is 1. The lowest BCUT2D eigenvalue weighted by Crippen LogP contribution is -2.22. The van der Waals surface area contributed by atoms with Gasteiger partial charge in [-0.15, -0.1) is 0 Å². The van der Waals surface area contributed by atoms with E-state index in [2.05, 4.69) is 10.5 Å². The van der Waals surface area contributed by atoms with E-state index in [1.54, 1.807) is 19.1 Å². The Bertz CT molecular complexity index is 432. The fraction of sp³-hybridized carbons (Fsp3) is 0.333. The Hall–Kier alpha value is -2.08. The van der Waals surface area contributed by atoms with Crippen LogP contribution in [0.25, 0.3) is 0 Å². The van der Waals surface area contributed by atoms with E-state index in [0.29, 0.717) is 17.9 Å². The van der Waals surface area contributed by atoms with Crippen LogP contribution in [0.2, 0.25) is 0 Å². The summed E-state index contributed by atoms with van der Waals surface area (Å²) in [6.45, 7) is 2.26. The lowest BCUT2D eigenvalue weighted by molar-refractivity contribution is -0.125. The molecule has 0 spiro atoms. The smallest absolute Gasteiger partial charge is 0.266 e. The lowest BCUT2D eigenvalue weighted by atomic mass is 10.2. The van der Waals surface area contributed by atoms with Crippen molar-refractivity contribution in [2.75, 3.05) is 20.3 Å². The van der Waals surface area contributed by atoms with Crippen molar-refractivity contribution in [1.82, 2.24) is 5.43 Å². The lowest BCUT2D eigenvalue weighted by Gasteiger charge is -2.03. The Morgan fingerprint density at radius 1 is 1.56 bits per heavy atom. The van der Waals surface area contributed by atoms with Crippen molar-refractivity contribution in [2.45, 2.75) is 6.92 Å². The van der Waals surface area contributed by atoms with Crippen LogP contribution in [0, 0.1) is 0 Å². The molecule has 6 heteroatoms. The summed E-state index contributed by atoms with van der Waals surface area (Å²) in [5.74, 6) is 0.0773. The minimum Gasteiger partial charge on any atom is -0.504 e. The van der Waals surface area contributed by atoms with Gasteiger partial charge in [0.15, 0.2) is 11.5 Å². The summed E-state index contributed by atoms with van der Waals surface area (Å²) >= 11 is 0. The highest BCUT2D eigenvalue weighted by atomic mass is 16.5. The molecule has 0 heterocycles. The van der Waals surface area contributed by atoms with Gasteiger partial charge in [0.1, 0.15) is 6.61 Å². The monoisotopic (exact) mass is 252 g/mol. The Balaban J connectivity index is 2.54. The highest BCUT2D eigenvalue weighted by molar-refractivity contribution is 5.83. The van der Waals surface area contributed by atoms with Crippen LogP contribution < -0.4 is 10.2 Å². The van der Waals surface area contributed by atoms with Crippen molar-refractivity contribution in [3.63, 3.8) is 0 Å². The molecule has 2 N–H and O–H groups in total. The second kappa shape index (κ2) is 7.29. The summed E-state index contributed by atoms with van der Waals surface area (Å²) in [4.78, 5) is 11.2.